The van der Waals surface area contributed by atoms with Gasteiger partial charge < -0.3 is 15.4 Å². The van der Waals surface area contributed by atoms with Gasteiger partial charge in [0.2, 0.25) is 10.0 Å². The Morgan fingerprint density at radius 2 is 1.88 bits per heavy atom. The van der Waals surface area contributed by atoms with Gasteiger partial charge in [0, 0.05) is 24.0 Å². The molecule has 0 saturated carbocycles. The number of hydrogen-bond donors (Lipinski definition) is 4. The number of fused-ring (bicyclic) bond motifs is 2. The number of aromatic hydroxyl groups is 1. The molecule has 0 saturated heterocycles. The maximum absolute atomic E-state index is 13.8. The van der Waals surface area contributed by atoms with E-state index in [1.807, 2.05) is 56.4 Å². The highest BCUT2D eigenvalue weighted by Crippen LogP contribution is 2.36. The van der Waals surface area contributed by atoms with Gasteiger partial charge in [-0.2, -0.15) is 14.2 Å². The Bertz CT molecular complexity index is 2100. The lowest BCUT2D eigenvalue weighted by atomic mass is 10.0. The molecule has 0 bridgehead atoms. The van der Waals surface area contributed by atoms with Gasteiger partial charge in [-0.15, -0.1) is 0 Å². The highest BCUT2D eigenvalue weighted by molar-refractivity contribution is 7.92. The summed E-state index contributed by atoms with van der Waals surface area (Å²) in [6.07, 6.45) is 5.99. The first-order valence-corrected chi connectivity index (χ1v) is 14.6. The lowest BCUT2D eigenvalue weighted by Gasteiger charge is -2.15. The van der Waals surface area contributed by atoms with Crippen molar-refractivity contribution in [1.29, 1.82) is 0 Å². The fourth-order valence-electron chi connectivity index (χ4n) is 5.02. The van der Waals surface area contributed by atoms with Crippen LogP contribution in [0.5, 0.6) is 5.75 Å². The standard InChI is InChI=1S/C28H26N8O4S/c1-16-9-10-35-24(16)28(38)36(20-7-5-4-6-8-20)27(33-35)17(2)32-26-23-22(14-29-25(23)30-15-31-26)18-11-19(13-21(37)12-18)34-41(3,39)40/h4-15,17,34,37H,1-3H3,(H2,29,30,31,32)/p+1/t17-/m0/s1. The average molecular weight is 572 g/mol. The number of phenolic OH excluding ortho intramolecular Hbond substituents is 1. The minimum absolute atomic E-state index is 0.112. The third-order valence-electron chi connectivity index (χ3n) is 6.75. The number of aromatic amines is 2. The number of rotatable bonds is 7. The SMILES string of the molecule is Cc1ccn2[nH+]c([C@H](C)Nc3ncnc4[nH]cc(-c5cc(O)cc(NS(C)(=O)=O)c5)c34)n(-c3ccccc3)c(=O)c12. The number of aryl methyl sites for hydroxylation is 1. The van der Waals surface area contributed by atoms with Gasteiger partial charge in [0.25, 0.3) is 0 Å². The molecule has 13 heteroatoms. The highest BCUT2D eigenvalue weighted by Gasteiger charge is 2.27. The number of H-pyrrole nitrogens is 2. The Balaban J connectivity index is 1.47. The molecule has 4 aromatic heterocycles. The van der Waals surface area contributed by atoms with Gasteiger partial charge in [0.15, 0.2) is 5.52 Å². The highest BCUT2D eigenvalue weighted by atomic mass is 32.2. The van der Waals surface area contributed by atoms with E-state index in [-0.39, 0.29) is 17.0 Å². The fourth-order valence-corrected chi connectivity index (χ4v) is 5.57. The molecule has 41 heavy (non-hydrogen) atoms. The zero-order valence-electron chi connectivity index (χ0n) is 22.4. The molecular weight excluding hydrogens is 544 g/mol. The molecule has 0 fully saturated rings. The van der Waals surface area contributed by atoms with Crippen molar-refractivity contribution in [3.63, 3.8) is 0 Å². The summed E-state index contributed by atoms with van der Waals surface area (Å²) in [7, 11) is -3.56. The Labute approximate surface area is 234 Å². The van der Waals surface area contributed by atoms with Crippen LogP contribution in [0.3, 0.4) is 0 Å². The summed E-state index contributed by atoms with van der Waals surface area (Å²) < 4.78 is 29.4. The Hall–Kier alpha value is -5.17. The number of nitrogens with zero attached hydrogens (tertiary/aromatic N) is 4. The Kier molecular flexibility index (Phi) is 6.22. The van der Waals surface area contributed by atoms with E-state index in [9.17, 15) is 18.3 Å². The maximum atomic E-state index is 13.8. The van der Waals surface area contributed by atoms with Crippen LogP contribution in [0, 0.1) is 6.92 Å². The van der Waals surface area contributed by atoms with Crippen LogP contribution in [0.15, 0.2) is 78.1 Å². The number of nitrogens with one attached hydrogen (secondary N) is 4. The number of anilines is 2. The summed E-state index contributed by atoms with van der Waals surface area (Å²) in [5.74, 6) is 0.952. The predicted molar refractivity (Wildman–Crippen MR) is 156 cm³/mol. The van der Waals surface area contributed by atoms with Crippen LogP contribution in [0.4, 0.5) is 11.5 Å². The topological polar surface area (TPSA) is 161 Å². The molecule has 0 unspecified atom stereocenters. The molecule has 12 nitrogen and oxygen atoms in total. The first-order chi connectivity index (χ1) is 19.6. The number of para-hydroxylation sites is 1. The van der Waals surface area contributed by atoms with E-state index in [0.29, 0.717) is 45.0 Å². The summed E-state index contributed by atoms with van der Waals surface area (Å²) in [6.45, 7) is 3.81. The number of aromatic nitrogens is 6. The van der Waals surface area contributed by atoms with Crippen LogP contribution < -0.4 is 20.7 Å². The van der Waals surface area contributed by atoms with Crippen LogP contribution in [0.25, 0.3) is 33.4 Å². The summed E-state index contributed by atoms with van der Waals surface area (Å²) in [6, 6.07) is 15.3. The van der Waals surface area contributed by atoms with Crippen molar-refractivity contribution in [2.24, 2.45) is 0 Å². The molecule has 0 radical (unpaired) electrons. The van der Waals surface area contributed by atoms with E-state index in [0.717, 1.165) is 11.8 Å². The number of benzene rings is 2. The normalized spacial score (nSPS) is 12.6. The molecule has 4 heterocycles. The maximum Gasteiger partial charge on any atom is 0.366 e. The van der Waals surface area contributed by atoms with Gasteiger partial charge in [-0.05, 0) is 55.3 Å². The van der Waals surface area contributed by atoms with Crippen LogP contribution in [-0.2, 0) is 10.0 Å². The smallest absolute Gasteiger partial charge is 0.366 e. The van der Waals surface area contributed by atoms with Gasteiger partial charge in [-0.3, -0.25) is 4.72 Å². The first kappa shape index (κ1) is 26.1. The zero-order chi connectivity index (χ0) is 28.9. The molecule has 0 aliphatic rings. The van der Waals surface area contributed by atoms with E-state index in [1.54, 1.807) is 21.3 Å². The monoisotopic (exact) mass is 571 g/mol. The van der Waals surface area contributed by atoms with E-state index >= 15 is 0 Å². The van der Waals surface area contributed by atoms with Crippen molar-refractivity contribution in [3.05, 3.63) is 95.1 Å². The second-order valence-electron chi connectivity index (χ2n) is 9.85. The second kappa shape index (κ2) is 9.78. The molecule has 6 aromatic rings. The van der Waals surface area contributed by atoms with Crippen molar-refractivity contribution in [3.8, 4) is 22.6 Å². The van der Waals surface area contributed by atoms with Crippen LogP contribution in [0.1, 0.15) is 24.4 Å². The molecule has 6 rings (SSSR count). The molecular formula is C28H27N8O4S+. The third-order valence-corrected chi connectivity index (χ3v) is 7.36. The first-order valence-electron chi connectivity index (χ1n) is 12.7. The lowest BCUT2D eigenvalue weighted by Crippen LogP contribution is -2.38. The molecule has 2 aromatic carbocycles. The Morgan fingerprint density at radius 1 is 1.10 bits per heavy atom. The summed E-state index contributed by atoms with van der Waals surface area (Å²) in [4.78, 5) is 25.7. The molecule has 0 aliphatic heterocycles. The number of sulfonamides is 1. The third kappa shape index (κ3) is 4.87. The number of phenols is 1. The van der Waals surface area contributed by atoms with Crippen molar-refractivity contribution in [2.75, 3.05) is 16.3 Å². The molecule has 1 atom stereocenters. The molecule has 0 aliphatic carbocycles. The summed E-state index contributed by atoms with van der Waals surface area (Å²) in [5, 5.41) is 17.8. The quantitative estimate of drug-likeness (QED) is 0.228. The van der Waals surface area contributed by atoms with Crippen LogP contribution in [0.2, 0.25) is 0 Å². The molecule has 0 spiro atoms. The van der Waals surface area contributed by atoms with Gasteiger partial charge >= 0.3 is 11.4 Å². The van der Waals surface area contributed by atoms with Crippen molar-refractivity contribution < 1.29 is 18.6 Å². The molecule has 0 amide bonds. The van der Waals surface area contributed by atoms with Gasteiger partial charge in [-0.25, -0.2) is 23.2 Å². The number of hydrogen-bond acceptors (Lipinski definition) is 7. The van der Waals surface area contributed by atoms with Gasteiger partial charge in [-0.1, -0.05) is 18.2 Å². The summed E-state index contributed by atoms with van der Waals surface area (Å²) >= 11 is 0. The minimum Gasteiger partial charge on any atom is -0.508 e. The largest absolute Gasteiger partial charge is 0.508 e. The van der Waals surface area contributed by atoms with Gasteiger partial charge in [0.1, 0.15) is 35.3 Å². The fraction of sp³-hybridized carbons (Fsp3) is 0.143. The van der Waals surface area contributed by atoms with Crippen LogP contribution in [-0.4, -0.2) is 43.8 Å². The summed E-state index contributed by atoms with van der Waals surface area (Å²) in [5.41, 5.74) is 3.88. The second-order valence-corrected chi connectivity index (χ2v) is 11.6. The van der Waals surface area contributed by atoms with E-state index in [4.69, 9.17) is 0 Å². The van der Waals surface area contributed by atoms with Crippen molar-refractivity contribution in [2.45, 2.75) is 19.9 Å². The predicted octanol–water partition coefficient (Wildman–Crippen LogP) is 3.40. The van der Waals surface area contributed by atoms with E-state index < -0.39 is 16.1 Å². The van der Waals surface area contributed by atoms with Crippen molar-refractivity contribution >= 4 is 38.1 Å². The van der Waals surface area contributed by atoms with Crippen LogP contribution >= 0.6 is 0 Å². The van der Waals surface area contributed by atoms with E-state index in [1.165, 1.54) is 18.5 Å². The average Bonchev–Trinajstić information content (AvgIpc) is 3.52. The van der Waals surface area contributed by atoms with Crippen molar-refractivity contribution in [1.82, 2.24) is 24.0 Å². The lowest BCUT2D eigenvalue weighted by molar-refractivity contribution is -0.487. The molecule has 5 N–H and O–H groups in total. The Morgan fingerprint density at radius 3 is 2.63 bits per heavy atom. The van der Waals surface area contributed by atoms with E-state index in [2.05, 4.69) is 30.1 Å². The van der Waals surface area contributed by atoms with Gasteiger partial charge in [0.05, 0.1) is 17.3 Å². The molecule has 208 valence electrons. The minimum atomic E-state index is -3.56. The zero-order valence-corrected chi connectivity index (χ0v) is 23.2.